The first-order chi connectivity index (χ1) is 6.79. The number of hydrogen-bond donors (Lipinski definition) is 1. The van der Waals surface area contributed by atoms with Gasteiger partial charge in [0.25, 0.3) is 0 Å². The summed E-state index contributed by atoms with van der Waals surface area (Å²) in [6.07, 6.45) is -8.71. The van der Waals surface area contributed by atoms with Crippen LogP contribution in [0.5, 0.6) is 0 Å². The maximum absolute atomic E-state index is 12.2. The van der Waals surface area contributed by atoms with Crippen LogP contribution in [0, 0.1) is 11.3 Å². The summed E-state index contributed by atoms with van der Waals surface area (Å²) in [6, 6.07) is 5.75. The molecule has 1 atom stereocenters. The molecule has 0 heterocycles. The molecule has 0 aliphatic rings. The maximum Gasteiger partial charge on any atom is 0.418 e. The molecule has 0 radical (unpaired) electrons. The third-order valence-corrected chi connectivity index (χ3v) is 1.56. The van der Waals surface area contributed by atoms with Crippen molar-refractivity contribution in [1.29, 1.82) is 5.26 Å². The first-order valence-corrected chi connectivity index (χ1v) is 3.59. The fourth-order valence-electron chi connectivity index (χ4n) is 0.866. The Bertz CT molecular complexity index is 391. The predicted octanol–water partition coefficient (Wildman–Crippen LogP) is 2.15. The number of nitriles is 1. The van der Waals surface area contributed by atoms with E-state index in [4.69, 9.17) is 11.7 Å². The Morgan fingerprint density at radius 1 is 1.36 bits per heavy atom. The predicted molar refractivity (Wildman–Crippen MR) is 42.2 cm³/mol. The number of alkyl halides is 3. The SMILES string of the molecule is [2H]C(O)(c1ccc(C#N)cc1)C(F)(F)F. The Kier molecular flexibility index (Phi) is 2.37. The molecule has 0 saturated heterocycles. The van der Waals surface area contributed by atoms with Crippen LogP contribution in [-0.2, 0) is 0 Å². The summed E-state index contributed by atoms with van der Waals surface area (Å²) in [5.74, 6) is 0. The van der Waals surface area contributed by atoms with Gasteiger partial charge in [0.1, 0.15) is 0 Å². The number of rotatable bonds is 1. The number of aliphatic hydroxyl groups is 1. The Morgan fingerprint density at radius 2 is 1.86 bits per heavy atom. The zero-order valence-electron chi connectivity index (χ0n) is 7.84. The van der Waals surface area contributed by atoms with Crippen LogP contribution in [-0.4, -0.2) is 11.3 Å². The number of benzene rings is 1. The largest absolute Gasteiger partial charge is 0.418 e. The van der Waals surface area contributed by atoms with Crippen molar-refractivity contribution in [2.24, 2.45) is 0 Å². The Morgan fingerprint density at radius 3 is 2.21 bits per heavy atom. The average Bonchev–Trinajstić information content (AvgIpc) is 2.16. The molecule has 14 heavy (non-hydrogen) atoms. The zero-order valence-corrected chi connectivity index (χ0v) is 6.84. The van der Waals surface area contributed by atoms with Gasteiger partial charge in [-0.1, -0.05) is 12.1 Å². The van der Waals surface area contributed by atoms with E-state index < -0.39 is 17.8 Å². The van der Waals surface area contributed by atoms with Gasteiger partial charge in [0.2, 0.25) is 0 Å². The highest BCUT2D eigenvalue weighted by Gasteiger charge is 2.39. The van der Waals surface area contributed by atoms with Crippen molar-refractivity contribution < 1.29 is 19.6 Å². The van der Waals surface area contributed by atoms with E-state index in [2.05, 4.69) is 0 Å². The molecule has 1 aromatic rings. The van der Waals surface area contributed by atoms with Gasteiger partial charge in [-0.25, -0.2) is 0 Å². The van der Waals surface area contributed by atoms with Gasteiger partial charge in [-0.05, 0) is 17.7 Å². The number of hydrogen-bond acceptors (Lipinski definition) is 2. The normalized spacial score (nSPS) is 16.6. The molecule has 0 aliphatic heterocycles. The van der Waals surface area contributed by atoms with Crippen molar-refractivity contribution in [2.75, 3.05) is 0 Å². The Hall–Kier alpha value is -1.54. The third-order valence-electron chi connectivity index (χ3n) is 1.56. The zero-order chi connectivity index (χ0) is 11.7. The van der Waals surface area contributed by atoms with Crippen LogP contribution in [0.2, 0.25) is 0 Å². The lowest BCUT2D eigenvalue weighted by molar-refractivity contribution is -0.206. The van der Waals surface area contributed by atoms with Crippen molar-refractivity contribution in [3.05, 3.63) is 35.4 Å². The topological polar surface area (TPSA) is 44.0 Å². The maximum atomic E-state index is 12.2. The van der Waals surface area contributed by atoms with E-state index in [0.29, 0.717) is 0 Å². The van der Waals surface area contributed by atoms with Crippen molar-refractivity contribution in [1.82, 2.24) is 0 Å². The minimum atomic E-state index is -5.07. The lowest BCUT2D eigenvalue weighted by Crippen LogP contribution is -2.19. The molecule has 74 valence electrons. The molecule has 2 nitrogen and oxygen atoms in total. The lowest BCUT2D eigenvalue weighted by Gasteiger charge is -2.14. The fraction of sp³-hybridized carbons (Fsp3) is 0.222. The van der Waals surface area contributed by atoms with Gasteiger partial charge in [-0.2, -0.15) is 18.4 Å². The highest BCUT2D eigenvalue weighted by molar-refractivity contribution is 5.32. The molecule has 0 fully saturated rings. The van der Waals surface area contributed by atoms with Crippen molar-refractivity contribution in [2.45, 2.75) is 12.3 Å². The first-order valence-electron chi connectivity index (χ1n) is 4.09. The van der Waals surface area contributed by atoms with Gasteiger partial charge in [0.05, 0.1) is 13.0 Å². The second kappa shape index (κ2) is 3.68. The van der Waals surface area contributed by atoms with Gasteiger partial charge < -0.3 is 5.11 Å². The molecule has 0 aliphatic carbocycles. The van der Waals surface area contributed by atoms with E-state index in [1.165, 1.54) is 0 Å². The minimum Gasteiger partial charge on any atom is -0.379 e. The summed E-state index contributed by atoms with van der Waals surface area (Å²) in [5.41, 5.74) is -0.453. The van der Waals surface area contributed by atoms with Gasteiger partial charge in [0.15, 0.2) is 6.08 Å². The lowest BCUT2D eigenvalue weighted by atomic mass is 10.1. The molecule has 0 saturated carbocycles. The van der Waals surface area contributed by atoms with Gasteiger partial charge >= 0.3 is 6.18 Å². The Labute approximate surface area is 79.6 Å². The standard InChI is InChI=1S/C9H6F3NO/c10-9(11,12)8(14)7-3-1-6(5-13)2-4-7/h1-4,8,14H/i8D. The van der Waals surface area contributed by atoms with E-state index in [0.717, 1.165) is 24.3 Å². The quantitative estimate of drug-likeness (QED) is 0.758. The summed E-state index contributed by atoms with van der Waals surface area (Å²) in [6.45, 7) is 0. The monoisotopic (exact) mass is 202 g/mol. The summed E-state index contributed by atoms with van der Waals surface area (Å²) >= 11 is 0. The molecule has 1 rings (SSSR count). The second-order valence-electron chi connectivity index (χ2n) is 2.54. The van der Waals surface area contributed by atoms with Crippen LogP contribution in [0.25, 0.3) is 0 Å². The van der Waals surface area contributed by atoms with Crippen LogP contribution in [0.4, 0.5) is 13.2 Å². The van der Waals surface area contributed by atoms with E-state index in [1.807, 2.05) is 0 Å². The van der Waals surface area contributed by atoms with E-state index in [-0.39, 0.29) is 5.56 Å². The molecular weight excluding hydrogens is 195 g/mol. The number of halogens is 3. The molecule has 0 amide bonds. The molecule has 0 bridgehead atoms. The smallest absolute Gasteiger partial charge is 0.379 e. The minimum absolute atomic E-state index is 0.164. The van der Waals surface area contributed by atoms with Gasteiger partial charge in [0, 0.05) is 0 Å². The van der Waals surface area contributed by atoms with E-state index >= 15 is 0 Å². The highest BCUT2D eigenvalue weighted by Crippen LogP contribution is 2.32. The third kappa shape index (κ3) is 2.24. The van der Waals surface area contributed by atoms with Crippen LogP contribution in [0.15, 0.2) is 24.3 Å². The van der Waals surface area contributed by atoms with Crippen LogP contribution in [0.3, 0.4) is 0 Å². The van der Waals surface area contributed by atoms with E-state index in [9.17, 15) is 13.2 Å². The molecule has 1 unspecified atom stereocenters. The highest BCUT2D eigenvalue weighted by atomic mass is 19.4. The summed E-state index contributed by atoms with van der Waals surface area (Å²) in [7, 11) is 0. The Balaban J connectivity index is 3.13. The second-order valence-corrected chi connectivity index (χ2v) is 2.54. The molecule has 1 aromatic carbocycles. The van der Waals surface area contributed by atoms with Crippen LogP contribution in [0.1, 0.15) is 18.6 Å². The molecule has 0 aromatic heterocycles. The van der Waals surface area contributed by atoms with E-state index in [1.54, 1.807) is 6.07 Å². The van der Waals surface area contributed by atoms with Crippen molar-refractivity contribution in [3.63, 3.8) is 0 Å². The fourth-order valence-corrected chi connectivity index (χ4v) is 0.866. The van der Waals surface area contributed by atoms with Gasteiger partial charge in [-0.3, -0.25) is 0 Å². The molecule has 5 heteroatoms. The average molecular weight is 202 g/mol. The van der Waals surface area contributed by atoms with Crippen LogP contribution < -0.4 is 0 Å². The number of nitrogens with zero attached hydrogens (tertiary/aromatic N) is 1. The summed E-state index contributed by atoms with van der Waals surface area (Å²) < 4.78 is 43.4. The first kappa shape index (κ1) is 9.03. The summed E-state index contributed by atoms with van der Waals surface area (Å²) in [4.78, 5) is 0. The van der Waals surface area contributed by atoms with Crippen molar-refractivity contribution in [3.8, 4) is 6.07 Å². The van der Waals surface area contributed by atoms with Crippen LogP contribution >= 0.6 is 0 Å². The van der Waals surface area contributed by atoms with Crippen molar-refractivity contribution >= 4 is 0 Å². The molecular formula is C9H6F3NO. The van der Waals surface area contributed by atoms with Gasteiger partial charge in [-0.15, -0.1) is 0 Å². The molecule has 1 N–H and O–H groups in total. The summed E-state index contributed by atoms with van der Waals surface area (Å²) in [5, 5.41) is 17.4. The molecule has 0 spiro atoms.